The van der Waals surface area contributed by atoms with Crippen molar-refractivity contribution in [1.29, 1.82) is 0 Å². The molecule has 94 valence electrons. The number of hydrogen-bond acceptors (Lipinski definition) is 3. The molecule has 1 fully saturated rings. The lowest BCUT2D eigenvalue weighted by Crippen LogP contribution is -2.51. The summed E-state index contributed by atoms with van der Waals surface area (Å²) in [5.74, 6) is 0.509. The Morgan fingerprint density at radius 2 is 2.19 bits per heavy atom. The van der Waals surface area contributed by atoms with Gasteiger partial charge in [0.05, 0.1) is 6.54 Å². The molecule has 1 saturated heterocycles. The van der Waals surface area contributed by atoms with Crippen molar-refractivity contribution >= 4 is 5.97 Å². The Bertz CT molecular complexity index is 231. The van der Waals surface area contributed by atoms with Crippen LogP contribution in [-0.4, -0.2) is 48.2 Å². The van der Waals surface area contributed by atoms with Crippen molar-refractivity contribution < 1.29 is 9.90 Å². The van der Waals surface area contributed by atoms with Crippen LogP contribution in [0.15, 0.2) is 0 Å². The summed E-state index contributed by atoms with van der Waals surface area (Å²) in [6.07, 6.45) is 1.17. The molecule has 0 spiro atoms. The predicted octanol–water partition coefficient (Wildman–Crippen LogP) is 1.03. The second-order valence-corrected chi connectivity index (χ2v) is 5.08. The number of nitrogens with zero attached hydrogens (tertiary/aromatic N) is 1. The van der Waals surface area contributed by atoms with E-state index in [-0.39, 0.29) is 6.54 Å². The van der Waals surface area contributed by atoms with E-state index in [9.17, 15) is 4.79 Å². The fourth-order valence-electron chi connectivity index (χ4n) is 2.47. The number of carboxylic acid groups (broad SMARTS) is 1. The zero-order chi connectivity index (χ0) is 12.1. The minimum Gasteiger partial charge on any atom is -0.480 e. The average molecular weight is 228 g/mol. The largest absolute Gasteiger partial charge is 0.480 e. The average Bonchev–Trinajstić information content (AvgIpc) is 2.16. The molecule has 4 nitrogen and oxygen atoms in total. The molecule has 16 heavy (non-hydrogen) atoms. The summed E-state index contributed by atoms with van der Waals surface area (Å²) in [5.41, 5.74) is 0. The number of piperidine rings is 1. The second kappa shape index (κ2) is 6.21. The molecule has 4 heteroatoms. The molecule has 0 radical (unpaired) electrons. The van der Waals surface area contributed by atoms with Gasteiger partial charge in [0.15, 0.2) is 0 Å². The highest BCUT2D eigenvalue weighted by atomic mass is 16.4. The third-order valence-corrected chi connectivity index (χ3v) is 3.35. The number of likely N-dealkylation sites (N-methyl/N-ethyl adjacent to an activating group) is 1. The highest BCUT2D eigenvalue weighted by molar-refractivity contribution is 5.69. The van der Waals surface area contributed by atoms with Gasteiger partial charge in [0.25, 0.3) is 0 Å². The van der Waals surface area contributed by atoms with E-state index in [1.54, 1.807) is 0 Å². The molecule has 2 atom stereocenters. The highest BCUT2D eigenvalue weighted by Crippen LogP contribution is 2.23. The topological polar surface area (TPSA) is 52.6 Å². The van der Waals surface area contributed by atoms with E-state index in [1.807, 2.05) is 0 Å². The SMILES string of the molecule is CCNC1CC(C(C)C)CN(CC(=O)O)C1. The first-order chi connectivity index (χ1) is 7.52. The van der Waals surface area contributed by atoms with Crippen LogP contribution in [0.5, 0.6) is 0 Å². The van der Waals surface area contributed by atoms with Gasteiger partial charge in [-0.15, -0.1) is 0 Å². The molecule has 1 aliphatic heterocycles. The van der Waals surface area contributed by atoms with E-state index in [0.29, 0.717) is 17.9 Å². The van der Waals surface area contributed by atoms with Gasteiger partial charge >= 0.3 is 5.97 Å². The minimum atomic E-state index is -0.723. The molecule has 0 amide bonds. The number of carboxylic acids is 1. The van der Waals surface area contributed by atoms with E-state index in [1.165, 1.54) is 6.42 Å². The zero-order valence-corrected chi connectivity index (χ0v) is 10.6. The smallest absolute Gasteiger partial charge is 0.317 e. The van der Waals surface area contributed by atoms with Gasteiger partial charge < -0.3 is 10.4 Å². The second-order valence-electron chi connectivity index (χ2n) is 5.08. The molecule has 0 aliphatic carbocycles. The van der Waals surface area contributed by atoms with Crippen LogP contribution in [-0.2, 0) is 4.79 Å². The Hall–Kier alpha value is -0.610. The Kier molecular flexibility index (Phi) is 5.22. The summed E-state index contributed by atoms with van der Waals surface area (Å²) in [5, 5.41) is 12.3. The molecule has 0 aromatic heterocycles. The van der Waals surface area contributed by atoms with Crippen LogP contribution in [0.4, 0.5) is 0 Å². The van der Waals surface area contributed by atoms with Crippen molar-refractivity contribution in [3.63, 3.8) is 0 Å². The number of nitrogens with one attached hydrogen (secondary N) is 1. The first-order valence-electron chi connectivity index (χ1n) is 6.20. The number of hydrogen-bond donors (Lipinski definition) is 2. The Balaban J connectivity index is 2.55. The molecule has 0 bridgehead atoms. The molecule has 1 aliphatic rings. The first-order valence-corrected chi connectivity index (χ1v) is 6.20. The normalized spacial score (nSPS) is 27.2. The van der Waals surface area contributed by atoms with Crippen LogP contribution >= 0.6 is 0 Å². The maximum Gasteiger partial charge on any atom is 0.317 e. The van der Waals surface area contributed by atoms with E-state index in [0.717, 1.165) is 19.6 Å². The van der Waals surface area contributed by atoms with Gasteiger partial charge in [0, 0.05) is 19.1 Å². The fraction of sp³-hybridized carbons (Fsp3) is 0.917. The van der Waals surface area contributed by atoms with Crippen LogP contribution in [0.2, 0.25) is 0 Å². The summed E-state index contributed by atoms with van der Waals surface area (Å²) in [6.45, 7) is 9.45. The number of aliphatic carboxylic acids is 1. The van der Waals surface area contributed by atoms with Gasteiger partial charge in [0.2, 0.25) is 0 Å². The molecule has 1 rings (SSSR count). The van der Waals surface area contributed by atoms with Crippen LogP contribution < -0.4 is 5.32 Å². The van der Waals surface area contributed by atoms with Crippen molar-refractivity contribution in [1.82, 2.24) is 10.2 Å². The van der Waals surface area contributed by atoms with E-state index >= 15 is 0 Å². The van der Waals surface area contributed by atoms with Crippen molar-refractivity contribution in [2.45, 2.75) is 33.2 Å². The summed E-state index contributed by atoms with van der Waals surface area (Å²) in [7, 11) is 0. The molecule has 0 saturated carbocycles. The van der Waals surface area contributed by atoms with Crippen LogP contribution in [0, 0.1) is 11.8 Å². The van der Waals surface area contributed by atoms with Gasteiger partial charge in [-0.3, -0.25) is 9.69 Å². The van der Waals surface area contributed by atoms with Gasteiger partial charge in [-0.1, -0.05) is 20.8 Å². The van der Waals surface area contributed by atoms with Gasteiger partial charge in [-0.2, -0.15) is 0 Å². The fourth-order valence-corrected chi connectivity index (χ4v) is 2.47. The standard InChI is InChI=1S/C12H24N2O2/c1-4-13-11-5-10(9(2)3)6-14(7-11)8-12(15)16/h9-11,13H,4-8H2,1-3H3,(H,15,16). The van der Waals surface area contributed by atoms with Crippen molar-refractivity contribution in [3.8, 4) is 0 Å². The number of likely N-dealkylation sites (tertiary alicyclic amines) is 1. The summed E-state index contributed by atoms with van der Waals surface area (Å²) in [6, 6.07) is 0.450. The first kappa shape index (κ1) is 13.5. The lowest BCUT2D eigenvalue weighted by Gasteiger charge is -2.39. The lowest BCUT2D eigenvalue weighted by molar-refractivity contribution is -0.139. The molecular formula is C12H24N2O2. The van der Waals surface area contributed by atoms with Gasteiger partial charge in [-0.25, -0.2) is 0 Å². The van der Waals surface area contributed by atoms with Crippen molar-refractivity contribution in [2.24, 2.45) is 11.8 Å². The van der Waals surface area contributed by atoms with Gasteiger partial charge in [0.1, 0.15) is 0 Å². The van der Waals surface area contributed by atoms with Crippen LogP contribution in [0.3, 0.4) is 0 Å². The van der Waals surface area contributed by atoms with Gasteiger partial charge in [-0.05, 0) is 24.8 Å². The molecule has 0 aromatic carbocycles. The summed E-state index contributed by atoms with van der Waals surface area (Å²) < 4.78 is 0. The molecule has 2 unspecified atom stereocenters. The Morgan fingerprint density at radius 1 is 1.50 bits per heavy atom. The minimum absolute atomic E-state index is 0.172. The third kappa shape index (κ3) is 4.10. The highest BCUT2D eigenvalue weighted by Gasteiger charge is 2.29. The summed E-state index contributed by atoms with van der Waals surface area (Å²) in [4.78, 5) is 12.8. The summed E-state index contributed by atoms with van der Waals surface area (Å²) >= 11 is 0. The maximum absolute atomic E-state index is 10.7. The zero-order valence-electron chi connectivity index (χ0n) is 10.6. The number of carbonyl (C=O) groups is 1. The van der Waals surface area contributed by atoms with Crippen LogP contribution in [0.25, 0.3) is 0 Å². The Morgan fingerprint density at radius 3 is 2.69 bits per heavy atom. The quantitative estimate of drug-likeness (QED) is 0.738. The van der Waals surface area contributed by atoms with Crippen molar-refractivity contribution in [2.75, 3.05) is 26.2 Å². The van der Waals surface area contributed by atoms with E-state index in [4.69, 9.17) is 5.11 Å². The lowest BCUT2D eigenvalue weighted by atomic mass is 9.85. The van der Waals surface area contributed by atoms with Crippen LogP contribution in [0.1, 0.15) is 27.2 Å². The monoisotopic (exact) mass is 228 g/mol. The van der Waals surface area contributed by atoms with E-state index < -0.39 is 5.97 Å². The van der Waals surface area contributed by atoms with E-state index in [2.05, 4.69) is 31.0 Å². The maximum atomic E-state index is 10.7. The molecule has 2 N–H and O–H groups in total. The Labute approximate surface area is 98.0 Å². The number of rotatable bonds is 5. The third-order valence-electron chi connectivity index (χ3n) is 3.35. The predicted molar refractivity (Wildman–Crippen MR) is 64.5 cm³/mol. The molecular weight excluding hydrogens is 204 g/mol. The van der Waals surface area contributed by atoms with Crippen molar-refractivity contribution in [3.05, 3.63) is 0 Å². The molecule has 0 aromatic rings. The molecule has 1 heterocycles.